The third kappa shape index (κ3) is 3.86. The van der Waals surface area contributed by atoms with Crippen LogP contribution in [0.2, 0.25) is 0 Å². The van der Waals surface area contributed by atoms with Gasteiger partial charge >= 0.3 is 0 Å². The third-order valence-electron chi connectivity index (χ3n) is 5.62. The van der Waals surface area contributed by atoms with Gasteiger partial charge in [0.05, 0.1) is 28.9 Å². The Hall–Kier alpha value is -1.11. The van der Waals surface area contributed by atoms with E-state index in [2.05, 4.69) is 30.8 Å². The first-order valence-electron chi connectivity index (χ1n) is 9.11. The Labute approximate surface area is 155 Å². The molecule has 0 unspecified atom stereocenters. The molecule has 2 aliphatic rings. The summed E-state index contributed by atoms with van der Waals surface area (Å²) in [5.74, 6) is 0.377. The molecule has 0 spiro atoms. The van der Waals surface area contributed by atoms with Crippen LogP contribution in [0.25, 0.3) is 10.9 Å². The van der Waals surface area contributed by atoms with E-state index in [1.807, 2.05) is 6.07 Å². The molecule has 0 bridgehead atoms. The number of benzene rings is 1. The van der Waals surface area contributed by atoms with Gasteiger partial charge in [0, 0.05) is 30.6 Å². The summed E-state index contributed by atoms with van der Waals surface area (Å²) in [6.07, 6.45) is 7.49. The zero-order valence-electron chi connectivity index (χ0n) is 14.3. The number of halogens is 2. The zero-order chi connectivity index (χ0) is 17.2. The predicted octanol–water partition coefficient (Wildman–Crippen LogP) is 3.96. The number of fused-ring (bicyclic) bond motifs is 1. The third-order valence-corrected chi connectivity index (χ3v) is 6.23. The lowest BCUT2D eigenvalue weighted by atomic mass is 9.82. The van der Waals surface area contributed by atoms with Gasteiger partial charge in [-0.3, -0.25) is 4.90 Å². The Kier molecular flexibility index (Phi) is 5.29. The van der Waals surface area contributed by atoms with Crippen LogP contribution in [0.5, 0.6) is 0 Å². The Balaban J connectivity index is 1.43. The summed E-state index contributed by atoms with van der Waals surface area (Å²) in [5.41, 5.74) is 1.73. The van der Waals surface area contributed by atoms with Gasteiger partial charge < -0.3 is 4.74 Å². The second-order valence-corrected chi connectivity index (χ2v) is 7.99. The van der Waals surface area contributed by atoms with Gasteiger partial charge in [-0.2, -0.15) is 0 Å². The SMILES string of the molecule is Fc1cc2ncnc(C[C@H]3CC[C@H](N4CCOCC4)CC3)c2cc1Br. The first-order valence-corrected chi connectivity index (χ1v) is 9.90. The van der Waals surface area contributed by atoms with Crippen LogP contribution in [-0.4, -0.2) is 47.2 Å². The molecule has 1 aliphatic carbocycles. The van der Waals surface area contributed by atoms with Crippen molar-refractivity contribution >= 4 is 26.8 Å². The second-order valence-electron chi connectivity index (χ2n) is 7.13. The smallest absolute Gasteiger partial charge is 0.139 e. The molecule has 1 saturated carbocycles. The lowest BCUT2D eigenvalue weighted by Gasteiger charge is -2.38. The van der Waals surface area contributed by atoms with Crippen molar-refractivity contribution in [3.8, 4) is 0 Å². The number of hydrogen-bond donors (Lipinski definition) is 0. The van der Waals surface area contributed by atoms with Crippen LogP contribution in [0.4, 0.5) is 4.39 Å². The normalized spacial score (nSPS) is 25.4. The molecule has 0 radical (unpaired) electrons. The molecular formula is C19H23BrFN3O. The first-order chi connectivity index (χ1) is 12.2. The maximum absolute atomic E-state index is 13.7. The highest BCUT2D eigenvalue weighted by Crippen LogP contribution is 2.32. The van der Waals surface area contributed by atoms with E-state index in [0.717, 1.165) is 43.8 Å². The molecule has 1 saturated heterocycles. The Morgan fingerprint density at radius 2 is 1.88 bits per heavy atom. The van der Waals surface area contributed by atoms with Crippen LogP contribution in [-0.2, 0) is 11.2 Å². The summed E-state index contributed by atoms with van der Waals surface area (Å²) in [5, 5.41) is 0.964. The van der Waals surface area contributed by atoms with Crippen molar-refractivity contribution in [3.05, 3.63) is 34.4 Å². The predicted molar refractivity (Wildman–Crippen MR) is 99.0 cm³/mol. The monoisotopic (exact) mass is 407 g/mol. The van der Waals surface area contributed by atoms with Gasteiger partial charge in [-0.05, 0) is 60.0 Å². The minimum atomic E-state index is -0.275. The number of nitrogens with zero attached hydrogens (tertiary/aromatic N) is 3. The molecule has 6 heteroatoms. The number of morpholine rings is 1. The molecule has 1 aromatic carbocycles. The summed E-state index contributed by atoms with van der Waals surface area (Å²) in [7, 11) is 0. The summed E-state index contributed by atoms with van der Waals surface area (Å²) in [6, 6.07) is 4.02. The lowest BCUT2D eigenvalue weighted by molar-refractivity contribution is 0.00494. The van der Waals surface area contributed by atoms with Crippen molar-refractivity contribution in [2.45, 2.75) is 38.1 Å². The van der Waals surface area contributed by atoms with E-state index in [0.29, 0.717) is 21.9 Å². The van der Waals surface area contributed by atoms with E-state index in [-0.39, 0.29) is 5.82 Å². The van der Waals surface area contributed by atoms with Gasteiger partial charge in [0.2, 0.25) is 0 Å². The fourth-order valence-corrected chi connectivity index (χ4v) is 4.54. The van der Waals surface area contributed by atoms with Crippen LogP contribution in [0.15, 0.2) is 22.9 Å². The van der Waals surface area contributed by atoms with Crippen LogP contribution in [0, 0.1) is 11.7 Å². The number of aromatic nitrogens is 2. The van der Waals surface area contributed by atoms with Crippen LogP contribution >= 0.6 is 15.9 Å². The lowest BCUT2D eigenvalue weighted by Crippen LogP contribution is -2.45. The molecule has 2 heterocycles. The molecule has 0 amide bonds. The van der Waals surface area contributed by atoms with Gasteiger partial charge in [-0.25, -0.2) is 14.4 Å². The maximum Gasteiger partial charge on any atom is 0.139 e. The molecule has 25 heavy (non-hydrogen) atoms. The minimum absolute atomic E-state index is 0.275. The number of ether oxygens (including phenoxy) is 1. The topological polar surface area (TPSA) is 38.2 Å². The van der Waals surface area contributed by atoms with Gasteiger partial charge in [0.1, 0.15) is 12.1 Å². The fourth-order valence-electron chi connectivity index (χ4n) is 4.20. The molecular weight excluding hydrogens is 385 g/mol. The van der Waals surface area contributed by atoms with E-state index in [1.165, 1.54) is 31.7 Å². The Morgan fingerprint density at radius 1 is 1.12 bits per heavy atom. The molecule has 0 N–H and O–H groups in total. The average molecular weight is 408 g/mol. The maximum atomic E-state index is 13.7. The molecule has 0 atom stereocenters. The molecule has 2 fully saturated rings. The van der Waals surface area contributed by atoms with E-state index in [1.54, 1.807) is 6.33 Å². The molecule has 4 nitrogen and oxygen atoms in total. The van der Waals surface area contributed by atoms with E-state index < -0.39 is 0 Å². The highest BCUT2D eigenvalue weighted by molar-refractivity contribution is 9.10. The van der Waals surface area contributed by atoms with E-state index >= 15 is 0 Å². The van der Waals surface area contributed by atoms with Crippen molar-refractivity contribution in [2.24, 2.45) is 5.92 Å². The largest absolute Gasteiger partial charge is 0.379 e. The van der Waals surface area contributed by atoms with Crippen molar-refractivity contribution in [1.82, 2.24) is 14.9 Å². The van der Waals surface area contributed by atoms with Crippen LogP contribution in [0.1, 0.15) is 31.4 Å². The summed E-state index contributed by atoms with van der Waals surface area (Å²) in [6.45, 7) is 3.90. The van der Waals surface area contributed by atoms with Crippen molar-refractivity contribution in [3.63, 3.8) is 0 Å². The van der Waals surface area contributed by atoms with Crippen LogP contribution < -0.4 is 0 Å². The van der Waals surface area contributed by atoms with Crippen molar-refractivity contribution in [2.75, 3.05) is 26.3 Å². The molecule has 1 aliphatic heterocycles. The zero-order valence-corrected chi connectivity index (χ0v) is 15.8. The van der Waals surface area contributed by atoms with Crippen molar-refractivity contribution < 1.29 is 9.13 Å². The van der Waals surface area contributed by atoms with Crippen molar-refractivity contribution in [1.29, 1.82) is 0 Å². The Bertz CT molecular complexity index is 743. The minimum Gasteiger partial charge on any atom is -0.379 e. The highest BCUT2D eigenvalue weighted by Gasteiger charge is 2.27. The Morgan fingerprint density at radius 3 is 2.64 bits per heavy atom. The molecule has 4 rings (SSSR count). The van der Waals surface area contributed by atoms with E-state index in [4.69, 9.17) is 4.74 Å². The first kappa shape index (κ1) is 17.3. The number of rotatable bonds is 3. The van der Waals surface area contributed by atoms with E-state index in [9.17, 15) is 4.39 Å². The average Bonchev–Trinajstić information content (AvgIpc) is 2.65. The molecule has 1 aromatic heterocycles. The quantitative estimate of drug-likeness (QED) is 0.771. The molecule has 134 valence electrons. The van der Waals surface area contributed by atoms with Gasteiger partial charge in [-0.15, -0.1) is 0 Å². The second kappa shape index (κ2) is 7.64. The van der Waals surface area contributed by atoms with Gasteiger partial charge in [0.25, 0.3) is 0 Å². The highest BCUT2D eigenvalue weighted by atomic mass is 79.9. The standard InChI is InChI=1S/C19H23BrFN3O/c20-16-10-15-18(22-12-23-19(15)11-17(16)21)9-13-1-3-14(4-2-13)24-5-7-25-8-6-24/h10-14H,1-9H2/t13-,14-. The summed E-state index contributed by atoms with van der Waals surface area (Å²) >= 11 is 3.28. The fraction of sp³-hybridized carbons (Fsp3) is 0.579. The molecule has 2 aromatic rings. The summed E-state index contributed by atoms with van der Waals surface area (Å²) < 4.78 is 19.7. The number of hydrogen-bond acceptors (Lipinski definition) is 4. The van der Waals surface area contributed by atoms with Crippen LogP contribution in [0.3, 0.4) is 0 Å². The van der Waals surface area contributed by atoms with Gasteiger partial charge in [-0.1, -0.05) is 0 Å². The van der Waals surface area contributed by atoms with Gasteiger partial charge in [0.15, 0.2) is 0 Å². The summed E-state index contributed by atoms with van der Waals surface area (Å²) in [4.78, 5) is 11.3.